The Morgan fingerprint density at radius 3 is 2.43 bits per heavy atom. The van der Waals surface area contributed by atoms with Gasteiger partial charge in [0.2, 0.25) is 5.91 Å². The summed E-state index contributed by atoms with van der Waals surface area (Å²) < 4.78 is 56.2. The Hall–Kier alpha value is -2.01. The van der Waals surface area contributed by atoms with Crippen LogP contribution in [0.5, 0.6) is 0 Å². The van der Waals surface area contributed by atoms with E-state index in [0.717, 1.165) is 18.9 Å². The molecule has 2 aromatic heterocycles. The van der Waals surface area contributed by atoms with Crippen molar-refractivity contribution in [2.24, 2.45) is 0 Å². The van der Waals surface area contributed by atoms with Crippen LogP contribution in [0.2, 0.25) is 0 Å². The molecule has 2 heterocycles. The Morgan fingerprint density at radius 2 is 1.87 bits per heavy atom. The van der Waals surface area contributed by atoms with E-state index in [9.17, 15) is 22.4 Å². The van der Waals surface area contributed by atoms with Gasteiger partial charge in [0, 0.05) is 20.6 Å². The van der Waals surface area contributed by atoms with Crippen LogP contribution in [-0.4, -0.2) is 20.7 Å². The molecular weight excluding hydrogens is 536 g/mol. The highest BCUT2D eigenvalue weighted by Gasteiger charge is 2.37. The lowest BCUT2D eigenvalue weighted by Crippen LogP contribution is -2.20. The van der Waals surface area contributed by atoms with E-state index >= 15 is 0 Å². The zero-order chi connectivity index (χ0) is 21.8. The average Bonchev–Trinajstić information content (AvgIpc) is 3.43. The second kappa shape index (κ2) is 7.60. The molecule has 1 saturated carbocycles. The molecule has 1 N–H and O–H groups in total. The number of nitrogens with one attached hydrogen (secondary N) is 1. The predicted molar refractivity (Wildman–Crippen MR) is 110 cm³/mol. The number of amides is 1. The summed E-state index contributed by atoms with van der Waals surface area (Å²) in [4.78, 5) is 17.0. The quantitative estimate of drug-likeness (QED) is 0.410. The van der Waals surface area contributed by atoms with Gasteiger partial charge < -0.3 is 5.32 Å². The van der Waals surface area contributed by atoms with Crippen LogP contribution in [-0.2, 0) is 17.5 Å². The molecule has 0 atom stereocenters. The third-order valence-corrected chi connectivity index (χ3v) is 6.01. The fraction of sp³-hybridized carbons (Fsp3) is 0.316. The van der Waals surface area contributed by atoms with Gasteiger partial charge in [-0.15, -0.1) is 0 Å². The zero-order valence-electron chi connectivity index (χ0n) is 15.4. The summed E-state index contributed by atoms with van der Waals surface area (Å²) in [6.07, 6.45) is -2.98. The van der Waals surface area contributed by atoms with Gasteiger partial charge >= 0.3 is 6.18 Å². The number of alkyl halides is 3. The number of halogens is 6. The van der Waals surface area contributed by atoms with Crippen molar-refractivity contribution in [1.29, 1.82) is 0 Å². The lowest BCUT2D eigenvalue weighted by molar-refractivity contribution is -0.136. The lowest BCUT2D eigenvalue weighted by atomic mass is 10.1. The Balaban J connectivity index is 1.71. The van der Waals surface area contributed by atoms with Gasteiger partial charge in [0.15, 0.2) is 5.65 Å². The van der Waals surface area contributed by atoms with E-state index in [4.69, 9.17) is 0 Å². The number of hydrogen-bond acceptors (Lipinski definition) is 3. The first kappa shape index (κ1) is 21.2. The third kappa shape index (κ3) is 4.09. The van der Waals surface area contributed by atoms with Gasteiger partial charge in [-0.2, -0.15) is 18.3 Å². The van der Waals surface area contributed by atoms with E-state index in [1.807, 2.05) is 0 Å². The van der Waals surface area contributed by atoms with E-state index in [1.165, 1.54) is 23.7 Å². The molecule has 1 aromatic carbocycles. The average molecular weight is 550 g/mol. The number of carbonyl (C=O) groups is 1. The minimum atomic E-state index is -4.56. The standard InChI is InChI=1S/C19H14Br2F4N4O/c1-8-16-11(19(23,24)25)6-14(9-2-3-9)26-18(16)29(28-8)7-15(30)27-17-12(20)4-10(22)5-13(17)21/h4-6,9H,2-3,7H2,1H3,(H,27,30). The van der Waals surface area contributed by atoms with Crippen molar-refractivity contribution in [3.05, 3.63) is 49.9 Å². The summed E-state index contributed by atoms with van der Waals surface area (Å²) in [5.41, 5.74) is 0.0425. The lowest BCUT2D eigenvalue weighted by Gasteiger charge is -2.12. The monoisotopic (exact) mass is 548 g/mol. The van der Waals surface area contributed by atoms with Crippen LogP contribution in [0.4, 0.5) is 23.2 Å². The molecule has 0 saturated heterocycles. The fourth-order valence-corrected chi connectivity index (χ4v) is 4.60. The first-order chi connectivity index (χ1) is 14.0. The van der Waals surface area contributed by atoms with Crippen LogP contribution in [0, 0.1) is 12.7 Å². The van der Waals surface area contributed by atoms with Crippen LogP contribution in [0.3, 0.4) is 0 Å². The maximum absolute atomic E-state index is 13.7. The summed E-state index contributed by atoms with van der Waals surface area (Å²) >= 11 is 6.35. The largest absolute Gasteiger partial charge is 0.417 e. The van der Waals surface area contributed by atoms with E-state index in [2.05, 4.69) is 47.3 Å². The van der Waals surface area contributed by atoms with Gasteiger partial charge in [0.1, 0.15) is 12.4 Å². The molecule has 0 radical (unpaired) electrons. The smallest absolute Gasteiger partial charge is 0.323 e. The first-order valence-electron chi connectivity index (χ1n) is 8.94. The summed E-state index contributed by atoms with van der Waals surface area (Å²) in [5, 5.41) is 6.64. The van der Waals surface area contributed by atoms with Gasteiger partial charge in [0.25, 0.3) is 0 Å². The number of anilines is 1. The van der Waals surface area contributed by atoms with Crippen LogP contribution < -0.4 is 5.32 Å². The summed E-state index contributed by atoms with van der Waals surface area (Å²) in [6.45, 7) is 1.11. The van der Waals surface area contributed by atoms with E-state index in [0.29, 0.717) is 20.3 Å². The number of carbonyl (C=O) groups excluding carboxylic acids is 1. The Bertz CT molecular complexity index is 1150. The molecule has 1 amide bonds. The number of rotatable bonds is 4. The van der Waals surface area contributed by atoms with Crippen LogP contribution >= 0.6 is 31.9 Å². The van der Waals surface area contributed by atoms with Gasteiger partial charge in [-0.25, -0.2) is 14.1 Å². The molecule has 1 aliphatic rings. The molecule has 0 bridgehead atoms. The molecular formula is C19H14Br2F4N4O. The highest BCUT2D eigenvalue weighted by molar-refractivity contribution is 9.11. The molecule has 30 heavy (non-hydrogen) atoms. The highest BCUT2D eigenvalue weighted by atomic mass is 79.9. The SMILES string of the molecule is Cc1nn(CC(=O)Nc2c(Br)cc(F)cc2Br)c2nc(C3CC3)cc(C(F)(F)F)c12. The number of hydrogen-bond donors (Lipinski definition) is 1. The predicted octanol–water partition coefficient (Wildman–Crippen LogP) is 5.94. The van der Waals surface area contributed by atoms with E-state index in [-0.39, 0.29) is 29.2 Å². The topological polar surface area (TPSA) is 59.8 Å². The number of aryl methyl sites for hydroxylation is 1. The molecule has 0 unspecified atom stereocenters. The molecule has 0 spiro atoms. The van der Waals surface area contributed by atoms with Gasteiger partial charge in [-0.3, -0.25) is 4.79 Å². The van der Waals surface area contributed by atoms with E-state index < -0.39 is 23.5 Å². The fourth-order valence-electron chi connectivity index (χ4n) is 3.27. The van der Waals surface area contributed by atoms with Crippen molar-refractivity contribution in [2.45, 2.75) is 38.4 Å². The van der Waals surface area contributed by atoms with Crippen molar-refractivity contribution in [1.82, 2.24) is 14.8 Å². The number of nitrogens with zero attached hydrogens (tertiary/aromatic N) is 3. The maximum Gasteiger partial charge on any atom is 0.417 e. The molecule has 1 fully saturated rings. The Kier molecular flexibility index (Phi) is 5.38. The number of benzene rings is 1. The van der Waals surface area contributed by atoms with Crippen molar-refractivity contribution in [3.8, 4) is 0 Å². The molecule has 3 aromatic rings. The molecule has 0 aliphatic heterocycles. The molecule has 158 valence electrons. The summed E-state index contributed by atoms with van der Waals surface area (Å²) in [5.74, 6) is -1.05. The van der Waals surface area contributed by atoms with E-state index in [1.54, 1.807) is 0 Å². The van der Waals surface area contributed by atoms with Gasteiger partial charge in [-0.05, 0) is 69.8 Å². The number of pyridine rings is 1. The van der Waals surface area contributed by atoms with Gasteiger partial charge in [0.05, 0.1) is 22.3 Å². The van der Waals surface area contributed by atoms with Crippen LogP contribution in [0.15, 0.2) is 27.1 Å². The number of aromatic nitrogens is 3. The van der Waals surface area contributed by atoms with Crippen LogP contribution in [0.1, 0.15) is 35.7 Å². The number of fused-ring (bicyclic) bond motifs is 1. The Morgan fingerprint density at radius 1 is 1.23 bits per heavy atom. The molecule has 11 heteroatoms. The first-order valence-corrected chi connectivity index (χ1v) is 10.5. The molecule has 4 rings (SSSR count). The van der Waals surface area contributed by atoms with Crippen molar-refractivity contribution in [2.75, 3.05) is 5.32 Å². The Labute approximate surface area is 185 Å². The van der Waals surface area contributed by atoms with Gasteiger partial charge in [-0.1, -0.05) is 0 Å². The second-order valence-corrected chi connectivity index (χ2v) is 8.81. The van der Waals surface area contributed by atoms with Crippen LogP contribution in [0.25, 0.3) is 11.0 Å². The van der Waals surface area contributed by atoms with Crippen molar-refractivity contribution in [3.63, 3.8) is 0 Å². The minimum Gasteiger partial charge on any atom is -0.323 e. The normalized spacial score (nSPS) is 14.4. The summed E-state index contributed by atoms with van der Waals surface area (Å²) in [7, 11) is 0. The van der Waals surface area contributed by atoms with Crippen molar-refractivity contribution < 1.29 is 22.4 Å². The molecule has 1 aliphatic carbocycles. The summed E-state index contributed by atoms with van der Waals surface area (Å²) in [6, 6.07) is 3.46. The zero-order valence-corrected chi connectivity index (χ0v) is 18.6. The minimum absolute atomic E-state index is 0.000825. The third-order valence-electron chi connectivity index (χ3n) is 4.76. The maximum atomic E-state index is 13.7. The second-order valence-electron chi connectivity index (χ2n) is 7.10. The van der Waals surface area contributed by atoms with Crippen molar-refractivity contribution >= 4 is 54.5 Å². The molecule has 5 nitrogen and oxygen atoms in total. The highest BCUT2D eigenvalue weighted by Crippen LogP contribution is 2.43.